The van der Waals surface area contributed by atoms with E-state index in [0.29, 0.717) is 12.5 Å². The zero-order valence-corrected chi connectivity index (χ0v) is 15.2. The number of carbonyl (C=O) groups is 1. The van der Waals surface area contributed by atoms with Gasteiger partial charge in [-0.05, 0) is 34.6 Å². The van der Waals surface area contributed by atoms with E-state index < -0.39 is 0 Å². The number of benzene rings is 2. The molecule has 0 N–H and O–H groups in total. The summed E-state index contributed by atoms with van der Waals surface area (Å²) in [6.07, 6.45) is 0.903. The first-order valence-corrected chi connectivity index (χ1v) is 8.34. The molecule has 0 spiro atoms. The van der Waals surface area contributed by atoms with E-state index in [1.807, 2.05) is 4.90 Å². The molecule has 3 nitrogen and oxygen atoms in total. The Morgan fingerprint density at radius 1 is 1.08 bits per heavy atom. The second kappa shape index (κ2) is 7.04. The largest absolute Gasteiger partial charge is 0.448 e. The molecule has 4 rings (SSSR count). The van der Waals surface area contributed by atoms with Crippen LogP contribution in [0.5, 0.6) is 0 Å². The predicted molar refractivity (Wildman–Crippen MR) is 90.4 cm³/mol. The fourth-order valence-electron chi connectivity index (χ4n) is 3.79. The fourth-order valence-corrected chi connectivity index (χ4v) is 3.79. The van der Waals surface area contributed by atoms with Gasteiger partial charge in [0, 0.05) is 37.6 Å². The van der Waals surface area contributed by atoms with E-state index in [1.54, 1.807) is 0 Å². The topological polar surface area (TPSA) is 29.5 Å². The van der Waals surface area contributed by atoms with Crippen LogP contribution in [0.2, 0.25) is 0 Å². The Hall–Kier alpha value is -1.71. The van der Waals surface area contributed by atoms with Gasteiger partial charge in [0.2, 0.25) is 0 Å². The number of nitrogens with zero attached hydrogens (tertiary/aromatic N) is 1. The van der Waals surface area contributed by atoms with E-state index in [4.69, 9.17) is 4.74 Å². The van der Waals surface area contributed by atoms with E-state index in [9.17, 15) is 4.79 Å². The van der Waals surface area contributed by atoms with Crippen LogP contribution in [0.15, 0.2) is 48.5 Å². The van der Waals surface area contributed by atoms with Crippen molar-refractivity contribution >= 4 is 6.09 Å². The van der Waals surface area contributed by atoms with E-state index in [0.717, 1.165) is 19.5 Å². The molecule has 0 saturated carbocycles. The molecule has 1 aliphatic heterocycles. The smallest absolute Gasteiger partial charge is 0.409 e. The van der Waals surface area contributed by atoms with Crippen LogP contribution >= 0.6 is 0 Å². The molecule has 1 amide bonds. The van der Waals surface area contributed by atoms with E-state index in [-0.39, 0.29) is 30.6 Å². The summed E-state index contributed by atoms with van der Waals surface area (Å²) in [5.41, 5.74) is 5.05. The molecular weight excluding hydrogens is 337 g/mol. The van der Waals surface area contributed by atoms with Crippen LogP contribution < -0.4 is 0 Å². The van der Waals surface area contributed by atoms with Gasteiger partial charge in [-0.3, -0.25) is 0 Å². The van der Waals surface area contributed by atoms with E-state index in [1.165, 1.54) is 22.3 Å². The molecule has 1 radical (unpaired) electrons. The third-order valence-corrected chi connectivity index (χ3v) is 5.02. The number of carbonyl (C=O) groups excluding carboxylic acids is 1. The minimum absolute atomic E-state index is 0. The molecule has 2 aromatic rings. The molecule has 2 aromatic carbocycles. The number of hydrogen-bond donors (Lipinski definition) is 0. The molecule has 123 valence electrons. The van der Waals surface area contributed by atoms with Crippen molar-refractivity contribution < 1.29 is 28.1 Å². The molecule has 0 aromatic heterocycles. The SMILES string of the molecule is C[C@@H]1CCN(C(=O)OCC2c3ccccc3-c3ccccc32)C1.[V]. The molecule has 2 aliphatic rings. The molecule has 4 heteroatoms. The molecular formula is C20H21NO2V. The Balaban J connectivity index is 0.00000169. The number of likely N-dealkylation sites (tertiary alicyclic amines) is 1. The van der Waals surface area contributed by atoms with Crippen molar-refractivity contribution in [1.29, 1.82) is 0 Å². The minimum Gasteiger partial charge on any atom is -0.448 e. The summed E-state index contributed by atoms with van der Waals surface area (Å²) in [7, 11) is 0. The first-order valence-electron chi connectivity index (χ1n) is 8.34. The molecule has 0 unspecified atom stereocenters. The van der Waals surface area contributed by atoms with Crippen LogP contribution in [0.1, 0.15) is 30.4 Å². The Bertz CT molecular complexity index is 700. The summed E-state index contributed by atoms with van der Waals surface area (Å²) >= 11 is 0. The normalized spacial score (nSPS) is 18.7. The second-order valence-corrected chi connectivity index (χ2v) is 6.64. The third-order valence-electron chi connectivity index (χ3n) is 5.02. The number of ether oxygens (including phenoxy) is 1. The van der Waals surface area contributed by atoms with Gasteiger partial charge in [0.05, 0.1) is 0 Å². The molecule has 1 saturated heterocycles. The third kappa shape index (κ3) is 2.99. The van der Waals surface area contributed by atoms with Gasteiger partial charge < -0.3 is 9.64 Å². The fraction of sp³-hybridized carbons (Fsp3) is 0.350. The van der Waals surface area contributed by atoms with Crippen molar-refractivity contribution in [1.82, 2.24) is 4.90 Å². The van der Waals surface area contributed by atoms with Gasteiger partial charge in [0.25, 0.3) is 0 Å². The van der Waals surface area contributed by atoms with Crippen molar-refractivity contribution in [2.24, 2.45) is 5.92 Å². The maximum atomic E-state index is 12.3. The zero-order chi connectivity index (χ0) is 15.8. The van der Waals surface area contributed by atoms with Crippen molar-refractivity contribution in [2.75, 3.05) is 19.7 Å². The van der Waals surface area contributed by atoms with Gasteiger partial charge in [-0.1, -0.05) is 55.5 Å². The number of rotatable bonds is 2. The Kier molecular flexibility index (Phi) is 5.02. The summed E-state index contributed by atoms with van der Waals surface area (Å²) in [5, 5.41) is 0. The van der Waals surface area contributed by atoms with Gasteiger partial charge in [0.15, 0.2) is 0 Å². The van der Waals surface area contributed by atoms with Crippen LogP contribution in [0.25, 0.3) is 11.1 Å². The Morgan fingerprint density at radius 2 is 1.67 bits per heavy atom. The molecule has 24 heavy (non-hydrogen) atoms. The molecule has 1 aliphatic carbocycles. The van der Waals surface area contributed by atoms with Crippen molar-refractivity contribution in [3.63, 3.8) is 0 Å². The van der Waals surface area contributed by atoms with Crippen molar-refractivity contribution in [2.45, 2.75) is 19.3 Å². The van der Waals surface area contributed by atoms with Crippen LogP contribution in [0.3, 0.4) is 0 Å². The summed E-state index contributed by atoms with van der Waals surface area (Å²) < 4.78 is 5.66. The van der Waals surface area contributed by atoms with Crippen molar-refractivity contribution in [3.8, 4) is 11.1 Å². The summed E-state index contributed by atoms with van der Waals surface area (Å²) in [6.45, 7) is 4.23. The van der Waals surface area contributed by atoms with Gasteiger partial charge >= 0.3 is 6.09 Å². The predicted octanol–water partition coefficient (Wildman–Crippen LogP) is 4.27. The molecule has 1 atom stereocenters. The second-order valence-electron chi connectivity index (χ2n) is 6.64. The first-order chi connectivity index (χ1) is 11.2. The molecule has 1 fully saturated rings. The molecule has 1 heterocycles. The van der Waals surface area contributed by atoms with Gasteiger partial charge in [-0.15, -0.1) is 0 Å². The maximum Gasteiger partial charge on any atom is 0.409 e. The zero-order valence-electron chi connectivity index (χ0n) is 13.8. The average molecular weight is 358 g/mol. The standard InChI is InChI=1S/C20H21NO2.V/c1-14-10-11-21(12-14)20(22)23-13-19-17-8-4-2-6-15(17)16-7-3-5-9-18(16)19;/h2-9,14,19H,10-13H2,1H3;/t14-;/m1./s1. The van der Waals surface area contributed by atoms with Gasteiger partial charge in [-0.25, -0.2) is 4.79 Å². The monoisotopic (exact) mass is 358 g/mol. The number of amides is 1. The van der Waals surface area contributed by atoms with Crippen LogP contribution in [-0.2, 0) is 23.3 Å². The van der Waals surface area contributed by atoms with E-state index in [2.05, 4.69) is 55.5 Å². The van der Waals surface area contributed by atoms with Crippen LogP contribution in [-0.4, -0.2) is 30.7 Å². The van der Waals surface area contributed by atoms with Gasteiger partial charge in [-0.2, -0.15) is 0 Å². The maximum absolute atomic E-state index is 12.3. The molecule has 0 bridgehead atoms. The van der Waals surface area contributed by atoms with Crippen LogP contribution in [0.4, 0.5) is 4.79 Å². The minimum atomic E-state index is -0.170. The average Bonchev–Trinajstić information content (AvgIpc) is 3.15. The Labute approximate surface area is 154 Å². The quantitative estimate of drug-likeness (QED) is 0.802. The summed E-state index contributed by atoms with van der Waals surface area (Å²) in [4.78, 5) is 14.1. The van der Waals surface area contributed by atoms with Crippen molar-refractivity contribution in [3.05, 3.63) is 59.7 Å². The number of fused-ring (bicyclic) bond motifs is 3. The Morgan fingerprint density at radius 3 is 2.21 bits per heavy atom. The van der Waals surface area contributed by atoms with Gasteiger partial charge in [0.1, 0.15) is 6.61 Å². The van der Waals surface area contributed by atoms with E-state index >= 15 is 0 Å². The first kappa shape index (κ1) is 17.1. The van der Waals surface area contributed by atoms with Crippen LogP contribution in [0, 0.1) is 5.92 Å². The number of hydrogen-bond acceptors (Lipinski definition) is 2. The summed E-state index contributed by atoms with van der Waals surface area (Å²) in [5.74, 6) is 0.724. The summed E-state index contributed by atoms with van der Waals surface area (Å²) in [6, 6.07) is 16.8.